The molecular weight excluding hydrogens is 455 g/mol. The first-order valence-corrected chi connectivity index (χ1v) is 10.6. The van der Waals surface area contributed by atoms with Gasteiger partial charge in [-0.3, -0.25) is 9.89 Å². The van der Waals surface area contributed by atoms with Crippen LogP contribution >= 0.6 is 24.0 Å². The van der Waals surface area contributed by atoms with E-state index in [-0.39, 0.29) is 24.0 Å². The van der Waals surface area contributed by atoms with Gasteiger partial charge in [0.2, 0.25) is 0 Å². The number of aliphatic hydroxyl groups is 1. The second kappa shape index (κ2) is 14.0. The number of unbranched alkanes of at least 4 members (excludes halogenated alkanes) is 1. The number of rotatable bonds is 10. The highest BCUT2D eigenvalue weighted by Crippen LogP contribution is 2.28. The van der Waals surface area contributed by atoms with Crippen molar-refractivity contribution in [2.75, 3.05) is 52.5 Å². The Hall–Kier alpha value is -0.120. The number of halogens is 1. The Kier molecular flexibility index (Phi) is 12.9. The van der Waals surface area contributed by atoms with Crippen LogP contribution in [0.15, 0.2) is 4.99 Å². The maximum Gasteiger partial charge on any atom is 0.191 e. The van der Waals surface area contributed by atoms with E-state index in [4.69, 9.17) is 4.74 Å². The van der Waals surface area contributed by atoms with Crippen molar-refractivity contribution in [1.82, 2.24) is 15.5 Å². The lowest BCUT2D eigenvalue weighted by atomic mass is 10.0. The number of nitrogens with one attached hydrogen (secondary N) is 2. The molecule has 0 bridgehead atoms. The fraction of sp³-hybridized carbons (Fsp3) is 0.950. The number of aliphatic imine (C=N–C) groups is 1. The number of hydrogen-bond acceptors (Lipinski definition) is 4. The molecule has 0 aromatic heterocycles. The van der Waals surface area contributed by atoms with Crippen molar-refractivity contribution in [3.63, 3.8) is 0 Å². The van der Waals surface area contributed by atoms with Gasteiger partial charge in [-0.15, -0.1) is 24.0 Å². The summed E-state index contributed by atoms with van der Waals surface area (Å²) < 4.78 is 5.37. The molecule has 0 spiro atoms. The van der Waals surface area contributed by atoms with E-state index in [2.05, 4.69) is 27.4 Å². The first-order valence-electron chi connectivity index (χ1n) is 10.6. The highest BCUT2D eigenvalue weighted by atomic mass is 127. The first kappa shape index (κ1) is 24.9. The predicted octanol–water partition coefficient (Wildman–Crippen LogP) is 2.60. The molecule has 160 valence electrons. The maximum absolute atomic E-state index is 10.7. The number of morpholine rings is 1. The lowest BCUT2D eigenvalue weighted by Gasteiger charge is -2.33. The van der Waals surface area contributed by atoms with Crippen LogP contribution in [-0.4, -0.2) is 74.0 Å². The summed E-state index contributed by atoms with van der Waals surface area (Å²) >= 11 is 0. The van der Waals surface area contributed by atoms with Gasteiger partial charge in [-0.25, -0.2) is 0 Å². The van der Waals surface area contributed by atoms with Gasteiger partial charge in [0.25, 0.3) is 0 Å². The zero-order valence-electron chi connectivity index (χ0n) is 17.3. The molecule has 2 rings (SSSR count). The van der Waals surface area contributed by atoms with Gasteiger partial charge in [0, 0.05) is 32.7 Å². The summed E-state index contributed by atoms with van der Waals surface area (Å²) in [7, 11) is 0. The van der Waals surface area contributed by atoms with E-state index in [1.165, 1.54) is 44.9 Å². The van der Waals surface area contributed by atoms with Gasteiger partial charge < -0.3 is 20.5 Å². The lowest BCUT2D eigenvalue weighted by Crippen LogP contribution is -2.48. The summed E-state index contributed by atoms with van der Waals surface area (Å²) in [6.07, 6.45) is 9.61. The van der Waals surface area contributed by atoms with Crippen molar-refractivity contribution in [2.24, 2.45) is 10.9 Å². The average Bonchev–Trinajstić information content (AvgIpc) is 3.13. The molecule has 1 heterocycles. The van der Waals surface area contributed by atoms with Crippen molar-refractivity contribution in [2.45, 2.75) is 64.4 Å². The molecule has 2 fully saturated rings. The van der Waals surface area contributed by atoms with E-state index in [0.29, 0.717) is 13.1 Å². The smallest absolute Gasteiger partial charge is 0.191 e. The van der Waals surface area contributed by atoms with Crippen molar-refractivity contribution in [3.8, 4) is 0 Å². The molecule has 6 nitrogen and oxygen atoms in total. The van der Waals surface area contributed by atoms with E-state index in [1.54, 1.807) is 0 Å². The molecule has 7 heteroatoms. The molecule has 1 aliphatic carbocycles. The maximum atomic E-state index is 10.7. The molecule has 0 radical (unpaired) electrons. The third-order valence-electron chi connectivity index (χ3n) is 5.40. The Morgan fingerprint density at radius 2 is 1.89 bits per heavy atom. The SMILES string of the molecule is CCNC(=NCC(C)(O)CN1CCOCC1)NCCCCC1CCCC1.I. The molecule has 1 aliphatic heterocycles. The highest BCUT2D eigenvalue weighted by molar-refractivity contribution is 14.0. The quantitative estimate of drug-likeness (QED) is 0.188. The standard InChI is InChI=1S/C20H40N4O2.HI/c1-3-21-19(22-11-7-6-10-18-8-4-5-9-18)23-16-20(2,25)17-24-12-14-26-15-13-24;/h18,25H,3-17H2,1-2H3,(H2,21,22,23);1H. The van der Waals surface area contributed by atoms with Crippen LogP contribution in [0.1, 0.15) is 58.8 Å². The van der Waals surface area contributed by atoms with Crippen LogP contribution in [0.5, 0.6) is 0 Å². The number of β-amino-alcohol motifs (C(OH)–C–C–N with tert-alkyl or cyclic N) is 1. The molecule has 1 unspecified atom stereocenters. The molecule has 1 saturated carbocycles. The molecule has 0 amide bonds. The fourth-order valence-electron chi connectivity index (χ4n) is 3.95. The van der Waals surface area contributed by atoms with Crippen molar-refractivity contribution in [3.05, 3.63) is 0 Å². The number of ether oxygens (including phenoxy) is 1. The normalized spacial score (nSPS) is 21.5. The third kappa shape index (κ3) is 10.9. The van der Waals surface area contributed by atoms with Gasteiger partial charge >= 0.3 is 0 Å². The Bertz CT molecular complexity index is 409. The van der Waals surface area contributed by atoms with Crippen LogP contribution in [0.2, 0.25) is 0 Å². The molecular formula is C20H41IN4O2. The zero-order valence-corrected chi connectivity index (χ0v) is 19.7. The summed E-state index contributed by atoms with van der Waals surface area (Å²) in [5.41, 5.74) is -0.817. The largest absolute Gasteiger partial charge is 0.387 e. The second-order valence-corrected chi connectivity index (χ2v) is 8.15. The third-order valence-corrected chi connectivity index (χ3v) is 5.40. The second-order valence-electron chi connectivity index (χ2n) is 8.15. The fourth-order valence-corrected chi connectivity index (χ4v) is 3.95. The van der Waals surface area contributed by atoms with Gasteiger partial charge in [0.05, 0.1) is 25.4 Å². The molecule has 0 aromatic rings. The minimum atomic E-state index is -0.817. The van der Waals surface area contributed by atoms with Crippen molar-refractivity contribution >= 4 is 29.9 Å². The van der Waals surface area contributed by atoms with E-state index in [0.717, 1.165) is 51.3 Å². The van der Waals surface area contributed by atoms with Gasteiger partial charge in [0.1, 0.15) is 0 Å². The minimum absolute atomic E-state index is 0. The topological polar surface area (TPSA) is 69.1 Å². The molecule has 27 heavy (non-hydrogen) atoms. The van der Waals surface area contributed by atoms with Gasteiger partial charge in [-0.1, -0.05) is 38.5 Å². The van der Waals surface area contributed by atoms with Crippen LogP contribution < -0.4 is 10.6 Å². The Balaban J connectivity index is 0.00000364. The van der Waals surface area contributed by atoms with Crippen LogP contribution in [0.4, 0.5) is 0 Å². The summed E-state index contributed by atoms with van der Waals surface area (Å²) in [4.78, 5) is 6.86. The van der Waals surface area contributed by atoms with E-state index >= 15 is 0 Å². The van der Waals surface area contributed by atoms with Gasteiger partial charge in [0.15, 0.2) is 5.96 Å². The molecule has 1 atom stereocenters. The van der Waals surface area contributed by atoms with E-state index in [9.17, 15) is 5.11 Å². The van der Waals surface area contributed by atoms with E-state index in [1.807, 2.05) is 6.92 Å². The first-order chi connectivity index (χ1) is 12.6. The minimum Gasteiger partial charge on any atom is -0.387 e. The Labute approximate surface area is 182 Å². The van der Waals surface area contributed by atoms with Crippen LogP contribution in [-0.2, 0) is 4.74 Å². The van der Waals surface area contributed by atoms with Crippen LogP contribution in [0.25, 0.3) is 0 Å². The summed E-state index contributed by atoms with van der Waals surface area (Å²) in [5, 5.41) is 17.4. The summed E-state index contributed by atoms with van der Waals surface area (Å²) in [6, 6.07) is 0. The van der Waals surface area contributed by atoms with Crippen molar-refractivity contribution in [1.29, 1.82) is 0 Å². The lowest BCUT2D eigenvalue weighted by molar-refractivity contribution is -0.0179. The highest BCUT2D eigenvalue weighted by Gasteiger charge is 2.25. The van der Waals surface area contributed by atoms with E-state index < -0.39 is 5.60 Å². The molecule has 2 aliphatic rings. The predicted molar refractivity (Wildman–Crippen MR) is 123 cm³/mol. The summed E-state index contributed by atoms with van der Waals surface area (Å²) in [6.45, 7) is 10.1. The molecule has 1 saturated heterocycles. The van der Waals surface area contributed by atoms with Gasteiger partial charge in [-0.2, -0.15) is 0 Å². The molecule has 3 N–H and O–H groups in total. The monoisotopic (exact) mass is 496 g/mol. The van der Waals surface area contributed by atoms with Crippen LogP contribution in [0, 0.1) is 5.92 Å². The number of hydrogen-bond donors (Lipinski definition) is 3. The zero-order chi connectivity index (χ0) is 18.7. The van der Waals surface area contributed by atoms with Crippen molar-refractivity contribution < 1.29 is 9.84 Å². The van der Waals surface area contributed by atoms with Crippen LogP contribution in [0.3, 0.4) is 0 Å². The summed E-state index contributed by atoms with van der Waals surface area (Å²) in [5.74, 6) is 1.79. The Morgan fingerprint density at radius 3 is 2.56 bits per heavy atom. The Morgan fingerprint density at radius 1 is 1.19 bits per heavy atom. The number of nitrogens with zero attached hydrogens (tertiary/aromatic N) is 2. The number of guanidine groups is 1. The molecule has 0 aromatic carbocycles. The average molecular weight is 496 g/mol. The van der Waals surface area contributed by atoms with Gasteiger partial charge in [-0.05, 0) is 26.2 Å².